The van der Waals surface area contributed by atoms with Crippen molar-refractivity contribution in [2.75, 3.05) is 19.5 Å². The van der Waals surface area contributed by atoms with E-state index in [4.69, 9.17) is 9.47 Å². The number of aryl methyl sites for hydroxylation is 2. The molecule has 4 aromatic rings. The molecule has 0 saturated carbocycles. The molecule has 36 heavy (non-hydrogen) atoms. The molecule has 0 fully saturated rings. The number of amides is 2. The molecule has 10 heteroatoms. The smallest absolute Gasteiger partial charge is 0.291 e. The monoisotopic (exact) mass is 489 g/mol. The first-order valence-electron chi connectivity index (χ1n) is 11.2. The molecule has 0 spiro atoms. The summed E-state index contributed by atoms with van der Waals surface area (Å²) in [4.78, 5) is 39.0. The van der Waals surface area contributed by atoms with Crippen LogP contribution in [0.15, 0.2) is 59.7 Å². The van der Waals surface area contributed by atoms with Crippen molar-refractivity contribution in [2.24, 2.45) is 0 Å². The molecule has 2 aromatic carbocycles. The van der Waals surface area contributed by atoms with Crippen molar-refractivity contribution in [3.05, 3.63) is 87.6 Å². The summed E-state index contributed by atoms with van der Waals surface area (Å²) in [6.45, 7) is 3.51. The molecule has 2 amide bonds. The summed E-state index contributed by atoms with van der Waals surface area (Å²) < 4.78 is 13.1. The third-order valence-corrected chi connectivity index (χ3v) is 5.93. The van der Waals surface area contributed by atoms with E-state index in [1.54, 1.807) is 36.4 Å². The van der Waals surface area contributed by atoms with Gasteiger partial charge in [0.25, 0.3) is 11.5 Å². The Balaban J connectivity index is 1.58. The Morgan fingerprint density at radius 3 is 2.47 bits per heavy atom. The van der Waals surface area contributed by atoms with E-state index < -0.39 is 11.5 Å². The largest absolute Gasteiger partial charge is 0.497 e. The summed E-state index contributed by atoms with van der Waals surface area (Å²) in [6.07, 6.45) is 1.44. The van der Waals surface area contributed by atoms with Gasteiger partial charge in [0.15, 0.2) is 0 Å². The van der Waals surface area contributed by atoms with Crippen LogP contribution in [0.4, 0.5) is 5.69 Å². The number of carbonyl (C=O) groups is 2. The first kappa shape index (κ1) is 24.5. The zero-order valence-corrected chi connectivity index (χ0v) is 20.5. The van der Waals surface area contributed by atoms with Gasteiger partial charge in [-0.1, -0.05) is 30.3 Å². The zero-order chi connectivity index (χ0) is 25.8. The maximum absolute atomic E-state index is 13.3. The van der Waals surface area contributed by atoms with Gasteiger partial charge in [-0.05, 0) is 37.1 Å². The molecule has 0 atom stereocenters. The number of ether oxygens (including phenoxy) is 2. The summed E-state index contributed by atoms with van der Waals surface area (Å²) in [5.41, 5.74) is 2.71. The van der Waals surface area contributed by atoms with Crippen molar-refractivity contribution in [1.82, 2.24) is 19.5 Å². The lowest BCUT2D eigenvalue weighted by molar-refractivity contribution is -0.117. The molecule has 0 aliphatic rings. The Bertz CT molecular complexity index is 1490. The van der Waals surface area contributed by atoms with E-state index in [0.29, 0.717) is 46.1 Å². The predicted octanol–water partition coefficient (Wildman–Crippen LogP) is 2.70. The van der Waals surface area contributed by atoms with Gasteiger partial charge in [-0.25, -0.2) is 4.68 Å². The average Bonchev–Trinajstić information content (AvgIpc) is 3.14. The first-order valence-corrected chi connectivity index (χ1v) is 11.2. The van der Waals surface area contributed by atoms with Gasteiger partial charge >= 0.3 is 0 Å². The van der Waals surface area contributed by atoms with Gasteiger partial charge in [-0.15, -0.1) is 0 Å². The third-order valence-electron chi connectivity index (χ3n) is 5.93. The summed E-state index contributed by atoms with van der Waals surface area (Å²) >= 11 is 0. The van der Waals surface area contributed by atoms with Crippen LogP contribution in [0.3, 0.4) is 0 Å². The Morgan fingerprint density at radius 2 is 1.78 bits per heavy atom. The molecule has 0 aliphatic carbocycles. The van der Waals surface area contributed by atoms with Gasteiger partial charge < -0.3 is 20.1 Å². The number of aromatic nitrogens is 3. The van der Waals surface area contributed by atoms with Gasteiger partial charge in [-0.3, -0.25) is 18.8 Å². The summed E-state index contributed by atoms with van der Waals surface area (Å²) in [5, 5.41) is 9.78. The fourth-order valence-corrected chi connectivity index (χ4v) is 4.11. The molecular formula is C26H27N5O5. The molecule has 2 N–H and O–H groups in total. The van der Waals surface area contributed by atoms with Crippen LogP contribution in [0.5, 0.6) is 11.5 Å². The highest BCUT2D eigenvalue weighted by Gasteiger charge is 2.22. The van der Waals surface area contributed by atoms with Gasteiger partial charge in [0.05, 0.1) is 25.5 Å². The minimum absolute atomic E-state index is 0.286. The van der Waals surface area contributed by atoms with E-state index in [2.05, 4.69) is 15.7 Å². The quantitative estimate of drug-likeness (QED) is 0.393. The lowest BCUT2D eigenvalue weighted by atomic mass is 10.1. The van der Waals surface area contributed by atoms with Gasteiger partial charge in [0, 0.05) is 18.3 Å². The molecule has 0 saturated heterocycles. The van der Waals surface area contributed by atoms with Crippen LogP contribution < -0.4 is 25.7 Å². The molecule has 0 unspecified atom stereocenters. The van der Waals surface area contributed by atoms with E-state index in [1.807, 2.05) is 30.3 Å². The maximum atomic E-state index is 13.3. The third kappa shape index (κ3) is 4.78. The molecule has 0 radical (unpaired) electrons. The fourth-order valence-electron chi connectivity index (χ4n) is 4.11. The zero-order valence-electron chi connectivity index (χ0n) is 20.5. The lowest BCUT2D eigenvalue weighted by Crippen LogP contribution is -2.31. The summed E-state index contributed by atoms with van der Waals surface area (Å²) in [7, 11) is 3.01. The normalized spacial score (nSPS) is 10.8. The van der Waals surface area contributed by atoms with E-state index in [9.17, 15) is 14.4 Å². The van der Waals surface area contributed by atoms with Crippen LogP contribution in [0, 0.1) is 13.8 Å². The van der Waals surface area contributed by atoms with Crippen molar-refractivity contribution >= 4 is 23.0 Å². The highest BCUT2D eigenvalue weighted by Crippen LogP contribution is 2.28. The lowest BCUT2D eigenvalue weighted by Gasteiger charge is -2.12. The number of methoxy groups -OCH3 is 2. The Morgan fingerprint density at radius 1 is 1.03 bits per heavy atom. The van der Waals surface area contributed by atoms with Crippen LogP contribution in [0.25, 0.3) is 5.52 Å². The second-order valence-corrected chi connectivity index (χ2v) is 8.18. The second kappa shape index (κ2) is 10.3. The number of nitrogens with one attached hydrogen (secondary N) is 2. The van der Waals surface area contributed by atoms with Crippen LogP contribution in [-0.4, -0.2) is 40.2 Å². The fraction of sp³-hybridized carbons (Fsp3) is 0.231. The SMILES string of the molecule is COc1ccc(OC)c(NC(=O)Cn2ncn3c(C)c(C(=O)NCc4ccccc4)c(C)c3c2=O)c1. The van der Waals surface area contributed by atoms with E-state index in [0.717, 1.165) is 10.2 Å². The van der Waals surface area contributed by atoms with Crippen molar-refractivity contribution in [1.29, 1.82) is 0 Å². The van der Waals surface area contributed by atoms with Gasteiger partial charge in [0.1, 0.15) is 29.9 Å². The highest BCUT2D eigenvalue weighted by molar-refractivity contribution is 5.99. The molecule has 10 nitrogen and oxygen atoms in total. The van der Waals surface area contributed by atoms with Crippen molar-refractivity contribution in [3.63, 3.8) is 0 Å². The molecule has 186 valence electrons. The van der Waals surface area contributed by atoms with Crippen LogP contribution >= 0.6 is 0 Å². The molecule has 0 aliphatic heterocycles. The van der Waals surface area contributed by atoms with E-state index >= 15 is 0 Å². The van der Waals surface area contributed by atoms with E-state index in [1.165, 1.54) is 20.5 Å². The molecule has 2 aromatic heterocycles. The number of rotatable bonds is 8. The maximum Gasteiger partial charge on any atom is 0.291 e. The molecule has 2 heterocycles. The Labute approximate surface area is 207 Å². The molecule has 4 rings (SSSR count). The Hall–Kier alpha value is -4.60. The average molecular weight is 490 g/mol. The topological polar surface area (TPSA) is 116 Å². The van der Waals surface area contributed by atoms with Gasteiger partial charge in [0.2, 0.25) is 5.91 Å². The van der Waals surface area contributed by atoms with E-state index in [-0.39, 0.29) is 12.5 Å². The van der Waals surface area contributed by atoms with Crippen molar-refractivity contribution in [3.8, 4) is 11.5 Å². The van der Waals surface area contributed by atoms with Crippen molar-refractivity contribution in [2.45, 2.75) is 26.9 Å². The van der Waals surface area contributed by atoms with Crippen LogP contribution in [-0.2, 0) is 17.9 Å². The standard InChI is InChI=1S/C26H27N5O5/c1-16-23(25(33)27-13-18-8-6-5-7-9-18)17(2)30-15-28-31(26(34)24(16)30)14-22(32)29-20-12-19(35-3)10-11-21(20)36-4/h5-12,15H,13-14H2,1-4H3,(H,27,33)(H,29,32). The van der Waals surface area contributed by atoms with Crippen molar-refractivity contribution < 1.29 is 19.1 Å². The predicted molar refractivity (Wildman–Crippen MR) is 135 cm³/mol. The van der Waals surface area contributed by atoms with Crippen LogP contribution in [0.2, 0.25) is 0 Å². The Kier molecular flexibility index (Phi) is 7.05. The number of carbonyl (C=O) groups excluding carboxylic acids is 2. The first-order chi connectivity index (χ1) is 17.3. The molecule has 0 bridgehead atoms. The minimum atomic E-state index is -0.479. The number of nitrogens with zero attached hydrogens (tertiary/aromatic N) is 3. The van der Waals surface area contributed by atoms with Gasteiger partial charge in [-0.2, -0.15) is 5.10 Å². The summed E-state index contributed by atoms with van der Waals surface area (Å²) in [5.74, 6) is 0.234. The number of benzene rings is 2. The van der Waals surface area contributed by atoms with Crippen LogP contribution in [0.1, 0.15) is 27.2 Å². The molecular weight excluding hydrogens is 462 g/mol. The number of hydrogen-bond donors (Lipinski definition) is 2. The number of hydrogen-bond acceptors (Lipinski definition) is 6. The number of fused-ring (bicyclic) bond motifs is 1. The highest BCUT2D eigenvalue weighted by atomic mass is 16.5. The second-order valence-electron chi connectivity index (χ2n) is 8.18. The minimum Gasteiger partial charge on any atom is -0.497 e. The number of anilines is 1. The summed E-state index contributed by atoms with van der Waals surface area (Å²) in [6, 6.07) is 14.6.